The number of aromatic amines is 1. The summed E-state index contributed by atoms with van der Waals surface area (Å²) in [6, 6.07) is 23.4. The molecule has 0 radical (unpaired) electrons. The van der Waals surface area contributed by atoms with E-state index in [9.17, 15) is 4.79 Å². The Kier molecular flexibility index (Phi) is 3.72. The normalized spacial score (nSPS) is 11.2. The molecule has 2 N–H and O–H groups in total. The molecule has 136 valence electrons. The molecule has 2 aromatic heterocycles. The van der Waals surface area contributed by atoms with Crippen molar-refractivity contribution in [1.29, 1.82) is 0 Å². The molecule has 0 aliphatic rings. The first-order chi connectivity index (χ1) is 13.7. The molecular formula is C23H18N4O. The zero-order chi connectivity index (χ0) is 19.1. The van der Waals surface area contributed by atoms with Gasteiger partial charge in [-0.25, -0.2) is 4.68 Å². The zero-order valence-corrected chi connectivity index (χ0v) is 15.3. The topological polar surface area (TPSA) is 62.7 Å². The lowest BCUT2D eigenvalue weighted by Gasteiger charge is -2.07. The van der Waals surface area contributed by atoms with Crippen LogP contribution in [0.2, 0.25) is 0 Å². The molecular weight excluding hydrogens is 348 g/mol. The van der Waals surface area contributed by atoms with Crippen LogP contribution in [0.15, 0.2) is 79.0 Å². The van der Waals surface area contributed by atoms with Gasteiger partial charge in [-0.1, -0.05) is 18.2 Å². The van der Waals surface area contributed by atoms with Gasteiger partial charge in [0.15, 0.2) is 0 Å². The summed E-state index contributed by atoms with van der Waals surface area (Å²) < 4.78 is 1.87. The molecule has 5 nitrogen and oxygen atoms in total. The van der Waals surface area contributed by atoms with Gasteiger partial charge in [0, 0.05) is 33.2 Å². The van der Waals surface area contributed by atoms with Crippen LogP contribution < -0.4 is 5.32 Å². The van der Waals surface area contributed by atoms with E-state index in [0.29, 0.717) is 5.56 Å². The van der Waals surface area contributed by atoms with Gasteiger partial charge in [-0.15, -0.1) is 0 Å². The second-order valence-electron chi connectivity index (χ2n) is 6.87. The summed E-state index contributed by atoms with van der Waals surface area (Å²) in [6.07, 6.45) is 1.84. The number of rotatable bonds is 3. The van der Waals surface area contributed by atoms with Crippen LogP contribution in [0, 0.1) is 6.92 Å². The van der Waals surface area contributed by atoms with E-state index in [2.05, 4.69) is 21.5 Å². The van der Waals surface area contributed by atoms with Gasteiger partial charge >= 0.3 is 0 Å². The monoisotopic (exact) mass is 366 g/mol. The summed E-state index contributed by atoms with van der Waals surface area (Å²) >= 11 is 0. The van der Waals surface area contributed by atoms with Crippen molar-refractivity contribution >= 4 is 33.4 Å². The van der Waals surface area contributed by atoms with E-state index in [1.165, 1.54) is 0 Å². The second kappa shape index (κ2) is 6.39. The van der Waals surface area contributed by atoms with Crippen LogP contribution in [0.5, 0.6) is 0 Å². The quantitative estimate of drug-likeness (QED) is 0.468. The minimum Gasteiger partial charge on any atom is -0.359 e. The zero-order valence-electron chi connectivity index (χ0n) is 15.3. The first kappa shape index (κ1) is 16.3. The fourth-order valence-electron chi connectivity index (χ4n) is 3.49. The predicted octanol–water partition coefficient (Wildman–Crippen LogP) is 5.07. The molecule has 0 saturated heterocycles. The Labute approximate surface area is 161 Å². The standard InChI is InChI=1S/C23H18N4O/c1-15-12-18-13-19(8-11-21(18)25-15)26-23(28)16-6-9-20(10-7-16)27-22-5-3-2-4-17(22)14-24-27/h2-14,25H,1H3,(H,26,28). The van der Waals surface area contributed by atoms with E-state index in [-0.39, 0.29) is 5.91 Å². The molecule has 0 saturated carbocycles. The average molecular weight is 366 g/mol. The highest BCUT2D eigenvalue weighted by Crippen LogP contribution is 2.21. The smallest absolute Gasteiger partial charge is 0.255 e. The van der Waals surface area contributed by atoms with Gasteiger partial charge in [0.25, 0.3) is 5.91 Å². The number of nitrogens with one attached hydrogen (secondary N) is 2. The Morgan fingerprint density at radius 2 is 1.79 bits per heavy atom. The molecule has 28 heavy (non-hydrogen) atoms. The lowest BCUT2D eigenvalue weighted by Crippen LogP contribution is -2.11. The van der Waals surface area contributed by atoms with Crippen molar-refractivity contribution in [3.05, 3.63) is 90.3 Å². The summed E-state index contributed by atoms with van der Waals surface area (Å²) in [4.78, 5) is 15.9. The molecule has 0 atom stereocenters. The van der Waals surface area contributed by atoms with Crippen LogP contribution in [0.4, 0.5) is 5.69 Å². The molecule has 0 spiro atoms. The number of benzene rings is 3. The number of carbonyl (C=O) groups excluding carboxylic acids is 1. The number of aryl methyl sites for hydroxylation is 1. The molecule has 3 aromatic carbocycles. The first-order valence-corrected chi connectivity index (χ1v) is 9.11. The molecule has 5 aromatic rings. The van der Waals surface area contributed by atoms with Gasteiger partial charge in [-0.3, -0.25) is 4.79 Å². The third-order valence-corrected chi connectivity index (χ3v) is 4.86. The molecule has 0 bridgehead atoms. The molecule has 5 heteroatoms. The van der Waals surface area contributed by atoms with Crippen LogP contribution in [-0.2, 0) is 0 Å². The van der Waals surface area contributed by atoms with Crippen LogP contribution in [0.1, 0.15) is 16.1 Å². The number of hydrogen-bond acceptors (Lipinski definition) is 2. The van der Waals surface area contributed by atoms with Gasteiger partial charge in [-0.05, 0) is 61.5 Å². The first-order valence-electron chi connectivity index (χ1n) is 9.11. The number of carbonyl (C=O) groups is 1. The Bertz CT molecular complexity index is 1310. The minimum absolute atomic E-state index is 0.136. The Morgan fingerprint density at radius 3 is 2.64 bits per heavy atom. The van der Waals surface area contributed by atoms with E-state index in [1.807, 2.05) is 84.5 Å². The van der Waals surface area contributed by atoms with Crippen molar-refractivity contribution in [2.45, 2.75) is 6.92 Å². The number of hydrogen-bond donors (Lipinski definition) is 2. The summed E-state index contributed by atoms with van der Waals surface area (Å²) in [7, 11) is 0. The van der Waals surface area contributed by atoms with E-state index >= 15 is 0 Å². The van der Waals surface area contributed by atoms with Crippen LogP contribution in [0.25, 0.3) is 27.5 Å². The lowest BCUT2D eigenvalue weighted by molar-refractivity contribution is 0.102. The Hall–Kier alpha value is -3.86. The van der Waals surface area contributed by atoms with Gasteiger partial charge in [0.1, 0.15) is 0 Å². The second-order valence-corrected chi connectivity index (χ2v) is 6.87. The maximum absolute atomic E-state index is 12.6. The summed E-state index contributed by atoms with van der Waals surface area (Å²) in [6.45, 7) is 2.02. The summed E-state index contributed by atoms with van der Waals surface area (Å²) in [5.74, 6) is -0.136. The third-order valence-electron chi connectivity index (χ3n) is 4.86. The van der Waals surface area contributed by atoms with E-state index < -0.39 is 0 Å². The SMILES string of the molecule is Cc1cc2cc(NC(=O)c3ccc(-n4ncc5ccccc54)cc3)ccc2[nH]1. The molecule has 2 heterocycles. The van der Waals surface area contributed by atoms with Crippen molar-refractivity contribution in [3.63, 3.8) is 0 Å². The highest BCUT2D eigenvalue weighted by molar-refractivity contribution is 6.05. The maximum Gasteiger partial charge on any atom is 0.255 e. The third kappa shape index (κ3) is 2.83. The van der Waals surface area contributed by atoms with E-state index in [4.69, 9.17) is 0 Å². The van der Waals surface area contributed by atoms with Gasteiger partial charge in [0.2, 0.25) is 0 Å². The largest absolute Gasteiger partial charge is 0.359 e. The minimum atomic E-state index is -0.136. The van der Waals surface area contributed by atoms with Gasteiger partial charge < -0.3 is 10.3 Å². The molecule has 0 unspecified atom stereocenters. The maximum atomic E-state index is 12.6. The molecule has 1 amide bonds. The predicted molar refractivity (Wildman–Crippen MR) is 112 cm³/mol. The highest BCUT2D eigenvalue weighted by Gasteiger charge is 2.09. The molecule has 0 fully saturated rings. The van der Waals surface area contributed by atoms with Crippen LogP contribution in [0.3, 0.4) is 0 Å². The number of amides is 1. The number of aromatic nitrogens is 3. The van der Waals surface area contributed by atoms with Crippen LogP contribution >= 0.6 is 0 Å². The fraction of sp³-hybridized carbons (Fsp3) is 0.0435. The van der Waals surface area contributed by atoms with E-state index in [1.54, 1.807) is 0 Å². The van der Waals surface area contributed by atoms with Crippen molar-refractivity contribution < 1.29 is 4.79 Å². The van der Waals surface area contributed by atoms with Crippen LogP contribution in [-0.4, -0.2) is 20.7 Å². The molecule has 0 aliphatic carbocycles. The number of anilines is 1. The van der Waals surface area contributed by atoms with Gasteiger partial charge in [0.05, 0.1) is 17.4 Å². The van der Waals surface area contributed by atoms with Crippen molar-refractivity contribution in [3.8, 4) is 5.69 Å². The lowest BCUT2D eigenvalue weighted by atomic mass is 10.1. The van der Waals surface area contributed by atoms with Crippen molar-refractivity contribution in [2.24, 2.45) is 0 Å². The molecule has 5 rings (SSSR count). The Morgan fingerprint density at radius 1 is 0.964 bits per heavy atom. The average Bonchev–Trinajstić information content (AvgIpc) is 3.30. The summed E-state index contributed by atoms with van der Waals surface area (Å²) in [5.41, 5.74) is 5.49. The van der Waals surface area contributed by atoms with Crippen molar-refractivity contribution in [1.82, 2.24) is 14.8 Å². The fourth-order valence-corrected chi connectivity index (χ4v) is 3.49. The number of para-hydroxylation sites is 1. The van der Waals surface area contributed by atoms with Crippen molar-refractivity contribution in [2.75, 3.05) is 5.32 Å². The number of H-pyrrole nitrogens is 1. The number of fused-ring (bicyclic) bond motifs is 2. The highest BCUT2D eigenvalue weighted by atomic mass is 16.1. The van der Waals surface area contributed by atoms with Gasteiger partial charge in [-0.2, -0.15) is 5.10 Å². The summed E-state index contributed by atoms with van der Waals surface area (Å²) in [5, 5.41) is 9.58. The Balaban J connectivity index is 1.39. The number of nitrogens with zero attached hydrogens (tertiary/aromatic N) is 2. The van der Waals surface area contributed by atoms with E-state index in [0.717, 1.165) is 38.9 Å². The molecule has 0 aliphatic heterocycles.